The van der Waals surface area contributed by atoms with E-state index in [2.05, 4.69) is 0 Å². The molecule has 0 spiro atoms. The van der Waals surface area contributed by atoms with Gasteiger partial charge in [0, 0.05) is 18.5 Å². The number of aliphatic hydroxyl groups is 1. The molecule has 134 valence electrons. The van der Waals surface area contributed by atoms with Crippen LogP contribution in [0.2, 0.25) is 0 Å². The zero-order chi connectivity index (χ0) is 18.0. The van der Waals surface area contributed by atoms with Crippen LogP contribution in [0.25, 0.3) is 0 Å². The lowest BCUT2D eigenvalue weighted by atomic mass is 9.73. The molecule has 1 aliphatic heterocycles. The van der Waals surface area contributed by atoms with Crippen molar-refractivity contribution in [2.45, 2.75) is 46.0 Å². The fourth-order valence-electron chi connectivity index (χ4n) is 3.05. The standard InChI is InChI=1S/C19H28FNO3/c1-14-5-6-15(16(20)11-14)19(12-22)7-9-21(10-8-19)17(23)24-13-18(2,3)4/h5-6,11,22H,7-10,12-13H2,1-4H3. The summed E-state index contributed by atoms with van der Waals surface area (Å²) in [5, 5.41) is 9.92. The van der Waals surface area contributed by atoms with Crippen molar-refractivity contribution in [1.29, 1.82) is 0 Å². The van der Waals surface area contributed by atoms with Crippen molar-refractivity contribution in [2.75, 3.05) is 26.3 Å². The second kappa shape index (κ2) is 7.09. The lowest BCUT2D eigenvalue weighted by molar-refractivity contribution is 0.0490. The van der Waals surface area contributed by atoms with Gasteiger partial charge in [-0.3, -0.25) is 0 Å². The average molecular weight is 337 g/mol. The van der Waals surface area contributed by atoms with Gasteiger partial charge in [-0.1, -0.05) is 32.9 Å². The molecule has 1 N–H and O–H groups in total. The molecule has 1 aromatic rings. The molecule has 24 heavy (non-hydrogen) atoms. The Morgan fingerprint density at radius 2 is 1.96 bits per heavy atom. The van der Waals surface area contributed by atoms with Gasteiger partial charge < -0.3 is 14.7 Å². The number of hydrogen-bond acceptors (Lipinski definition) is 3. The van der Waals surface area contributed by atoms with Gasteiger partial charge in [-0.05, 0) is 42.4 Å². The summed E-state index contributed by atoms with van der Waals surface area (Å²) in [5.41, 5.74) is 0.690. The van der Waals surface area contributed by atoms with E-state index in [1.165, 1.54) is 6.07 Å². The van der Waals surface area contributed by atoms with Crippen molar-refractivity contribution < 1.29 is 19.0 Å². The van der Waals surface area contributed by atoms with E-state index in [4.69, 9.17) is 4.74 Å². The molecule has 1 fully saturated rings. The van der Waals surface area contributed by atoms with Gasteiger partial charge in [0.05, 0.1) is 13.2 Å². The van der Waals surface area contributed by atoms with Crippen molar-refractivity contribution in [2.24, 2.45) is 5.41 Å². The maximum absolute atomic E-state index is 14.4. The first-order valence-corrected chi connectivity index (χ1v) is 8.46. The van der Waals surface area contributed by atoms with E-state index < -0.39 is 5.41 Å². The number of halogens is 1. The lowest BCUT2D eigenvalue weighted by Gasteiger charge is -2.41. The normalized spacial score (nSPS) is 17.7. The third kappa shape index (κ3) is 4.26. The smallest absolute Gasteiger partial charge is 0.409 e. The number of hydrogen-bond donors (Lipinski definition) is 1. The minimum atomic E-state index is -0.626. The first kappa shape index (κ1) is 18.7. The highest BCUT2D eigenvalue weighted by atomic mass is 19.1. The molecule has 0 saturated carbocycles. The Morgan fingerprint density at radius 3 is 2.46 bits per heavy atom. The van der Waals surface area contributed by atoms with Crippen LogP contribution < -0.4 is 0 Å². The summed E-state index contributed by atoms with van der Waals surface area (Å²) in [6, 6.07) is 5.12. The van der Waals surface area contributed by atoms with Crippen molar-refractivity contribution in [3.63, 3.8) is 0 Å². The van der Waals surface area contributed by atoms with Crippen molar-refractivity contribution in [3.8, 4) is 0 Å². The molecular formula is C19H28FNO3. The van der Waals surface area contributed by atoms with Gasteiger partial charge in [0.1, 0.15) is 5.82 Å². The Bertz CT molecular complexity index is 587. The molecule has 0 aromatic heterocycles. The second-order valence-corrected chi connectivity index (χ2v) is 8.02. The molecule has 0 radical (unpaired) electrons. The van der Waals surface area contributed by atoms with Crippen LogP contribution in [0.1, 0.15) is 44.7 Å². The number of aryl methyl sites for hydroxylation is 1. The number of rotatable bonds is 3. The van der Waals surface area contributed by atoms with Crippen LogP contribution in [0, 0.1) is 18.2 Å². The van der Waals surface area contributed by atoms with E-state index in [0.717, 1.165) is 5.56 Å². The molecule has 0 bridgehead atoms. The number of piperidine rings is 1. The van der Waals surface area contributed by atoms with Crippen molar-refractivity contribution >= 4 is 6.09 Å². The van der Waals surface area contributed by atoms with Crippen LogP contribution in [-0.4, -0.2) is 42.4 Å². The predicted octanol–water partition coefficient (Wildman–Crippen LogP) is 3.64. The number of aliphatic hydroxyl groups excluding tert-OH is 1. The van der Waals surface area contributed by atoms with E-state index in [9.17, 15) is 14.3 Å². The SMILES string of the molecule is Cc1ccc(C2(CO)CCN(C(=O)OCC(C)(C)C)CC2)c(F)c1. The third-order valence-corrected chi connectivity index (χ3v) is 4.61. The summed E-state index contributed by atoms with van der Waals surface area (Å²) in [5.74, 6) is -0.284. The van der Waals surface area contributed by atoms with E-state index in [-0.39, 0.29) is 23.9 Å². The highest BCUT2D eigenvalue weighted by molar-refractivity contribution is 5.67. The number of benzene rings is 1. The first-order chi connectivity index (χ1) is 11.2. The molecule has 1 aromatic carbocycles. The van der Waals surface area contributed by atoms with Gasteiger partial charge in [-0.25, -0.2) is 9.18 Å². The number of carbonyl (C=O) groups is 1. The van der Waals surface area contributed by atoms with Crippen LogP contribution in [0.5, 0.6) is 0 Å². The van der Waals surface area contributed by atoms with Crippen LogP contribution in [0.15, 0.2) is 18.2 Å². The molecule has 0 atom stereocenters. The van der Waals surface area contributed by atoms with Gasteiger partial charge in [-0.15, -0.1) is 0 Å². The van der Waals surface area contributed by atoms with E-state index in [1.54, 1.807) is 11.0 Å². The maximum atomic E-state index is 14.4. The number of nitrogens with zero attached hydrogens (tertiary/aromatic N) is 1. The Labute approximate surface area is 143 Å². The molecule has 0 aliphatic carbocycles. The highest BCUT2D eigenvalue weighted by Gasteiger charge is 2.39. The molecule has 5 heteroatoms. The zero-order valence-electron chi connectivity index (χ0n) is 15.1. The Kier molecular flexibility index (Phi) is 5.53. The fraction of sp³-hybridized carbons (Fsp3) is 0.632. The Balaban J connectivity index is 2.05. The molecule has 4 nitrogen and oxygen atoms in total. The number of carbonyl (C=O) groups excluding carboxylic acids is 1. The average Bonchev–Trinajstić information content (AvgIpc) is 2.52. The zero-order valence-corrected chi connectivity index (χ0v) is 15.1. The van der Waals surface area contributed by atoms with Crippen molar-refractivity contribution in [1.82, 2.24) is 4.90 Å². The minimum Gasteiger partial charge on any atom is -0.449 e. The molecule has 1 aliphatic rings. The van der Waals surface area contributed by atoms with E-state index in [1.807, 2.05) is 33.8 Å². The summed E-state index contributed by atoms with van der Waals surface area (Å²) in [4.78, 5) is 13.8. The molecule has 1 heterocycles. The van der Waals surface area contributed by atoms with Gasteiger partial charge in [-0.2, -0.15) is 0 Å². The minimum absolute atomic E-state index is 0.0780. The molecule has 2 rings (SSSR count). The third-order valence-electron chi connectivity index (χ3n) is 4.61. The van der Waals surface area contributed by atoms with Gasteiger partial charge >= 0.3 is 6.09 Å². The first-order valence-electron chi connectivity index (χ1n) is 8.46. The molecular weight excluding hydrogens is 309 g/mol. The van der Waals surface area contributed by atoms with Crippen LogP contribution in [0.3, 0.4) is 0 Å². The second-order valence-electron chi connectivity index (χ2n) is 8.02. The monoisotopic (exact) mass is 337 g/mol. The predicted molar refractivity (Wildman–Crippen MR) is 91.5 cm³/mol. The summed E-state index contributed by atoms with van der Waals surface area (Å²) >= 11 is 0. The fourth-order valence-corrected chi connectivity index (χ4v) is 3.05. The van der Waals surface area contributed by atoms with Gasteiger partial charge in [0.25, 0.3) is 0 Å². The highest BCUT2D eigenvalue weighted by Crippen LogP contribution is 2.37. The maximum Gasteiger partial charge on any atom is 0.409 e. The van der Waals surface area contributed by atoms with Crippen molar-refractivity contribution in [3.05, 3.63) is 35.1 Å². The molecule has 1 amide bonds. The number of likely N-dealkylation sites (tertiary alicyclic amines) is 1. The lowest BCUT2D eigenvalue weighted by Crippen LogP contribution is -2.47. The summed E-state index contributed by atoms with van der Waals surface area (Å²) in [6.07, 6.45) is 0.711. The summed E-state index contributed by atoms with van der Waals surface area (Å²) in [6.45, 7) is 9.01. The van der Waals surface area contributed by atoms with Gasteiger partial charge in [0.15, 0.2) is 0 Å². The molecule has 1 saturated heterocycles. The van der Waals surface area contributed by atoms with Crippen LogP contribution in [-0.2, 0) is 10.2 Å². The number of amides is 1. The van der Waals surface area contributed by atoms with Gasteiger partial charge in [0.2, 0.25) is 0 Å². The van der Waals surface area contributed by atoms with Crippen LogP contribution in [0.4, 0.5) is 9.18 Å². The number of ether oxygens (including phenoxy) is 1. The van der Waals surface area contributed by atoms with E-state index >= 15 is 0 Å². The largest absolute Gasteiger partial charge is 0.449 e. The van der Waals surface area contributed by atoms with Crippen LogP contribution >= 0.6 is 0 Å². The molecule has 0 unspecified atom stereocenters. The Hall–Kier alpha value is -1.62. The van der Waals surface area contributed by atoms with E-state index in [0.29, 0.717) is 38.1 Å². The topological polar surface area (TPSA) is 49.8 Å². The quantitative estimate of drug-likeness (QED) is 0.916. The summed E-state index contributed by atoms with van der Waals surface area (Å²) in [7, 11) is 0. The Morgan fingerprint density at radius 1 is 1.33 bits per heavy atom. The summed E-state index contributed by atoms with van der Waals surface area (Å²) < 4.78 is 19.7.